The zero-order valence-electron chi connectivity index (χ0n) is 8.04. The molecule has 0 radical (unpaired) electrons. The Hall–Kier alpha value is -0.410. The summed E-state index contributed by atoms with van der Waals surface area (Å²) in [5.74, 6) is -0.309. The molecule has 2 rings (SSSR count). The first-order valence-corrected chi connectivity index (χ1v) is 5.04. The molecule has 1 saturated carbocycles. The summed E-state index contributed by atoms with van der Waals surface area (Å²) >= 11 is 0. The van der Waals surface area contributed by atoms with Crippen LogP contribution in [0.2, 0.25) is 0 Å². The number of hydrogen-bond acceptors (Lipinski definition) is 3. The predicted octanol–water partition coefficient (Wildman–Crippen LogP) is 1.65. The minimum absolute atomic E-state index is 0.0856. The second-order valence-electron chi connectivity index (χ2n) is 4.00. The minimum atomic E-state index is -0.394. The molecule has 0 bridgehead atoms. The highest BCUT2D eigenvalue weighted by Gasteiger charge is 2.43. The van der Waals surface area contributed by atoms with E-state index in [-0.39, 0.29) is 11.9 Å². The van der Waals surface area contributed by atoms with E-state index < -0.39 is 5.79 Å². The lowest BCUT2D eigenvalue weighted by molar-refractivity contribution is -0.188. The number of hydrogen-bond donors (Lipinski definition) is 0. The van der Waals surface area contributed by atoms with Gasteiger partial charge in [0.05, 0.1) is 6.61 Å². The second-order valence-corrected chi connectivity index (χ2v) is 4.00. The van der Waals surface area contributed by atoms with Crippen LogP contribution >= 0.6 is 0 Å². The monoisotopic (exact) mass is 184 g/mol. The van der Waals surface area contributed by atoms with Crippen LogP contribution < -0.4 is 0 Å². The Morgan fingerprint density at radius 3 is 2.54 bits per heavy atom. The molecule has 1 aliphatic carbocycles. The Kier molecular flexibility index (Phi) is 2.39. The van der Waals surface area contributed by atoms with Gasteiger partial charge in [0, 0.05) is 12.8 Å². The SMILES string of the molecule is CC(=O)[C@H]1COC2(CCCCC2)O1. The summed E-state index contributed by atoms with van der Waals surface area (Å²) in [6.45, 7) is 2.02. The number of rotatable bonds is 1. The van der Waals surface area contributed by atoms with E-state index in [4.69, 9.17) is 9.47 Å². The molecule has 2 aliphatic rings. The van der Waals surface area contributed by atoms with Crippen molar-refractivity contribution in [2.24, 2.45) is 0 Å². The molecular formula is C10H16O3. The Bertz CT molecular complexity index is 206. The topological polar surface area (TPSA) is 35.5 Å². The molecule has 3 heteroatoms. The molecule has 0 aromatic carbocycles. The van der Waals surface area contributed by atoms with E-state index >= 15 is 0 Å². The van der Waals surface area contributed by atoms with Crippen LogP contribution in [0.15, 0.2) is 0 Å². The molecular weight excluding hydrogens is 168 g/mol. The lowest BCUT2D eigenvalue weighted by Crippen LogP contribution is -2.34. The first-order chi connectivity index (χ1) is 6.22. The third-order valence-corrected chi connectivity index (χ3v) is 2.92. The molecule has 1 atom stereocenters. The third kappa shape index (κ3) is 1.76. The van der Waals surface area contributed by atoms with Crippen molar-refractivity contribution in [1.29, 1.82) is 0 Å². The zero-order valence-corrected chi connectivity index (χ0v) is 8.04. The van der Waals surface area contributed by atoms with Crippen LogP contribution in [-0.2, 0) is 14.3 Å². The summed E-state index contributed by atoms with van der Waals surface area (Å²) in [7, 11) is 0. The van der Waals surface area contributed by atoms with Crippen LogP contribution in [0.4, 0.5) is 0 Å². The summed E-state index contributed by atoms with van der Waals surface area (Å²) in [6.07, 6.45) is 5.18. The fraction of sp³-hybridized carbons (Fsp3) is 0.900. The molecule has 1 aliphatic heterocycles. The summed E-state index contributed by atoms with van der Waals surface area (Å²) < 4.78 is 11.3. The summed E-state index contributed by atoms with van der Waals surface area (Å²) in [5, 5.41) is 0. The van der Waals surface area contributed by atoms with E-state index in [1.54, 1.807) is 6.92 Å². The molecule has 0 unspecified atom stereocenters. The number of ketones is 1. The smallest absolute Gasteiger partial charge is 0.169 e. The van der Waals surface area contributed by atoms with Gasteiger partial charge in [0.25, 0.3) is 0 Å². The van der Waals surface area contributed by atoms with Gasteiger partial charge in [-0.15, -0.1) is 0 Å². The second kappa shape index (κ2) is 3.39. The average Bonchev–Trinajstić information content (AvgIpc) is 2.51. The molecule has 74 valence electrons. The van der Waals surface area contributed by atoms with Crippen LogP contribution in [0.5, 0.6) is 0 Å². The molecule has 2 fully saturated rings. The van der Waals surface area contributed by atoms with Crippen molar-refractivity contribution >= 4 is 5.78 Å². The first kappa shape index (κ1) is 9.16. The Morgan fingerprint density at radius 1 is 1.31 bits per heavy atom. The Balaban J connectivity index is 1.98. The van der Waals surface area contributed by atoms with Gasteiger partial charge in [-0.1, -0.05) is 6.42 Å². The molecule has 3 nitrogen and oxygen atoms in total. The van der Waals surface area contributed by atoms with Crippen LogP contribution in [0.25, 0.3) is 0 Å². The van der Waals surface area contributed by atoms with Crippen molar-refractivity contribution in [3.8, 4) is 0 Å². The van der Waals surface area contributed by atoms with Gasteiger partial charge < -0.3 is 9.47 Å². The molecule has 13 heavy (non-hydrogen) atoms. The highest BCUT2D eigenvalue weighted by Crippen LogP contribution is 2.37. The van der Waals surface area contributed by atoms with Crippen LogP contribution in [-0.4, -0.2) is 24.3 Å². The molecule has 1 heterocycles. The zero-order chi connectivity index (χ0) is 9.31. The van der Waals surface area contributed by atoms with Crippen LogP contribution in [0.1, 0.15) is 39.0 Å². The van der Waals surface area contributed by atoms with Gasteiger partial charge in [0.15, 0.2) is 11.6 Å². The third-order valence-electron chi connectivity index (χ3n) is 2.92. The Morgan fingerprint density at radius 2 is 2.00 bits per heavy atom. The quantitative estimate of drug-likeness (QED) is 0.621. The molecule has 0 aromatic heterocycles. The number of ether oxygens (including phenoxy) is 2. The Labute approximate surface area is 78.4 Å². The maximum absolute atomic E-state index is 11.1. The van der Waals surface area contributed by atoms with E-state index in [9.17, 15) is 4.79 Å². The maximum atomic E-state index is 11.1. The lowest BCUT2D eigenvalue weighted by Gasteiger charge is -2.31. The van der Waals surface area contributed by atoms with E-state index in [0.29, 0.717) is 6.61 Å². The molecule has 1 saturated heterocycles. The summed E-state index contributed by atoms with van der Waals surface area (Å²) in [6, 6.07) is 0. The minimum Gasteiger partial charge on any atom is -0.347 e. The van der Waals surface area contributed by atoms with E-state index in [0.717, 1.165) is 25.7 Å². The highest BCUT2D eigenvalue weighted by molar-refractivity contribution is 5.80. The van der Waals surface area contributed by atoms with Gasteiger partial charge >= 0.3 is 0 Å². The maximum Gasteiger partial charge on any atom is 0.169 e. The van der Waals surface area contributed by atoms with Crippen molar-refractivity contribution in [1.82, 2.24) is 0 Å². The van der Waals surface area contributed by atoms with Crippen LogP contribution in [0, 0.1) is 0 Å². The van der Waals surface area contributed by atoms with Gasteiger partial charge in [-0.05, 0) is 19.8 Å². The van der Waals surface area contributed by atoms with Crippen molar-refractivity contribution in [3.05, 3.63) is 0 Å². The van der Waals surface area contributed by atoms with Crippen LogP contribution in [0.3, 0.4) is 0 Å². The molecule has 0 amide bonds. The van der Waals surface area contributed by atoms with Gasteiger partial charge in [0.1, 0.15) is 6.10 Å². The van der Waals surface area contributed by atoms with Gasteiger partial charge in [-0.2, -0.15) is 0 Å². The average molecular weight is 184 g/mol. The first-order valence-electron chi connectivity index (χ1n) is 5.04. The van der Waals surface area contributed by atoms with Crippen molar-refractivity contribution in [3.63, 3.8) is 0 Å². The number of Topliss-reactive ketones (excluding diaryl/α,β-unsaturated/α-hetero) is 1. The normalized spacial score (nSPS) is 32.2. The van der Waals surface area contributed by atoms with Gasteiger partial charge in [0.2, 0.25) is 0 Å². The molecule has 0 aromatic rings. The highest BCUT2D eigenvalue weighted by atomic mass is 16.7. The number of carbonyl (C=O) groups is 1. The standard InChI is InChI=1S/C10H16O3/c1-8(11)9-7-12-10(13-9)5-3-2-4-6-10/h9H,2-7H2,1H3/t9-/m1/s1. The summed E-state index contributed by atoms with van der Waals surface area (Å²) in [5.41, 5.74) is 0. The molecule has 1 spiro atoms. The van der Waals surface area contributed by atoms with Gasteiger partial charge in [-0.25, -0.2) is 0 Å². The van der Waals surface area contributed by atoms with E-state index in [1.165, 1.54) is 6.42 Å². The van der Waals surface area contributed by atoms with Gasteiger partial charge in [-0.3, -0.25) is 4.79 Å². The van der Waals surface area contributed by atoms with Crippen molar-refractivity contribution in [2.75, 3.05) is 6.61 Å². The van der Waals surface area contributed by atoms with Crippen molar-refractivity contribution < 1.29 is 14.3 Å². The fourth-order valence-corrected chi connectivity index (χ4v) is 2.11. The summed E-state index contributed by atoms with van der Waals surface area (Å²) in [4.78, 5) is 11.1. The predicted molar refractivity (Wildman–Crippen MR) is 47.3 cm³/mol. The van der Waals surface area contributed by atoms with E-state index in [1.807, 2.05) is 0 Å². The lowest BCUT2D eigenvalue weighted by atomic mass is 9.94. The largest absolute Gasteiger partial charge is 0.347 e. The van der Waals surface area contributed by atoms with E-state index in [2.05, 4.69) is 0 Å². The number of carbonyl (C=O) groups excluding carboxylic acids is 1. The van der Waals surface area contributed by atoms with Crippen molar-refractivity contribution in [2.45, 2.75) is 50.9 Å². The molecule has 0 N–H and O–H groups in total. The fourth-order valence-electron chi connectivity index (χ4n) is 2.11.